The number of rotatable bonds is 7. The fraction of sp³-hybridized carbons (Fsp3) is 0.393. The maximum Gasteiger partial charge on any atom is 0.404 e. The van der Waals surface area contributed by atoms with Crippen LogP contribution in [0.15, 0.2) is 42.7 Å². The summed E-state index contributed by atoms with van der Waals surface area (Å²) in [5.74, 6) is -2.36. The Bertz CT molecular complexity index is 1350. The zero-order chi connectivity index (χ0) is 28.2. The summed E-state index contributed by atoms with van der Waals surface area (Å²) >= 11 is 0. The number of piperidine rings is 1. The van der Waals surface area contributed by atoms with Crippen LogP contribution in [0.5, 0.6) is 0 Å². The molecule has 5 rings (SSSR count). The first-order chi connectivity index (χ1) is 19.3. The summed E-state index contributed by atoms with van der Waals surface area (Å²) in [6.45, 7) is 5.37. The van der Waals surface area contributed by atoms with Gasteiger partial charge >= 0.3 is 6.09 Å². The molecule has 2 aromatic heterocycles. The maximum absolute atomic E-state index is 15.1. The Kier molecular flexibility index (Phi) is 8.24. The van der Waals surface area contributed by atoms with Gasteiger partial charge in [-0.2, -0.15) is 0 Å². The van der Waals surface area contributed by atoms with Crippen molar-refractivity contribution in [3.63, 3.8) is 0 Å². The third-order valence-electron chi connectivity index (χ3n) is 7.13. The van der Waals surface area contributed by atoms with Crippen molar-refractivity contribution < 1.29 is 27.8 Å². The number of hydrogen-bond donors (Lipinski definition) is 3. The summed E-state index contributed by atoms with van der Waals surface area (Å²) in [7, 11) is 0. The monoisotopic (exact) mass is 556 g/mol. The summed E-state index contributed by atoms with van der Waals surface area (Å²) in [4.78, 5) is 23.6. The molecule has 0 spiro atoms. The van der Waals surface area contributed by atoms with Gasteiger partial charge in [0.2, 0.25) is 0 Å². The van der Waals surface area contributed by atoms with Crippen LogP contribution < -0.4 is 20.4 Å². The Morgan fingerprint density at radius 2 is 1.82 bits per heavy atom. The molecule has 0 bridgehead atoms. The second kappa shape index (κ2) is 12.0. The van der Waals surface area contributed by atoms with Crippen molar-refractivity contribution in [2.24, 2.45) is 5.92 Å². The van der Waals surface area contributed by atoms with E-state index in [9.17, 15) is 9.18 Å². The summed E-state index contributed by atoms with van der Waals surface area (Å²) < 4.78 is 50.4. The number of ether oxygens (including phenoxy) is 1. The summed E-state index contributed by atoms with van der Waals surface area (Å²) in [6, 6.07) is 6.61. The lowest BCUT2D eigenvalue weighted by Gasteiger charge is -2.38. The number of anilines is 3. The molecule has 0 unspecified atom stereocenters. The van der Waals surface area contributed by atoms with Crippen LogP contribution in [0.2, 0.25) is 0 Å². The number of carbonyl (C=O) groups is 1. The lowest BCUT2D eigenvalue weighted by molar-refractivity contribution is 0.122. The fourth-order valence-electron chi connectivity index (χ4n) is 5.36. The van der Waals surface area contributed by atoms with Crippen LogP contribution in [0.3, 0.4) is 0 Å². The van der Waals surface area contributed by atoms with Gasteiger partial charge in [0, 0.05) is 44.1 Å². The van der Waals surface area contributed by atoms with E-state index >= 15 is 8.78 Å². The van der Waals surface area contributed by atoms with Gasteiger partial charge in [-0.3, -0.25) is 4.98 Å². The van der Waals surface area contributed by atoms with Crippen molar-refractivity contribution in [2.75, 3.05) is 54.5 Å². The van der Waals surface area contributed by atoms with Crippen LogP contribution in [0.1, 0.15) is 19.0 Å². The van der Waals surface area contributed by atoms with Gasteiger partial charge in [-0.15, -0.1) is 0 Å². The number of aromatic nitrogens is 2. The molecule has 9 nitrogen and oxygen atoms in total. The smallest absolute Gasteiger partial charge is 0.404 e. The van der Waals surface area contributed by atoms with Crippen molar-refractivity contribution in [3.05, 3.63) is 65.9 Å². The normalized spacial score (nSPS) is 19.4. The van der Waals surface area contributed by atoms with Crippen LogP contribution >= 0.6 is 0 Å². The van der Waals surface area contributed by atoms with E-state index in [1.807, 2.05) is 11.0 Å². The van der Waals surface area contributed by atoms with Crippen LogP contribution in [0, 0.1) is 23.4 Å². The summed E-state index contributed by atoms with van der Waals surface area (Å²) in [6.07, 6.45) is 2.97. The van der Waals surface area contributed by atoms with Gasteiger partial charge in [0.1, 0.15) is 23.1 Å². The average molecular weight is 557 g/mol. The number of amides is 1. The lowest BCUT2D eigenvalue weighted by Crippen LogP contribution is -2.50. The first kappa shape index (κ1) is 27.5. The van der Waals surface area contributed by atoms with Gasteiger partial charge < -0.3 is 30.3 Å². The second-order valence-electron chi connectivity index (χ2n) is 10.2. The Morgan fingerprint density at radius 3 is 2.55 bits per heavy atom. The molecule has 2 saturated heterocycles. The van der Waals surface area contributed by atoms with E-state index in [4.69, 9.17) is 9.84 Å². The lowest BCUT2D eigenvalue weighted by atomic mass is 9.95. The molecule has 2 aliphatic heterocycles. The molecule has 0 saturated carbocycles. The molecule has 40 heavy (non-hydrogen) atoms. The van der Waals surface area contributed by atoms with Crippen molar-refractivity contribution >= 4 is 23.2 Å². The van der Waals surface area contributed by atoms with E-state index in [-0.39, 0.29) is 18.5 Å². The molecule has 2 atom stereocenters. The summed E-state index contributed by atoms with van der Waals surface area (Å²) in [5, 5.41) is 15.0. The minimum Gasteiger partial charge on any atom is -0.465 e. The third kappa shape index (κ3) is 6.22. The molecule has 0 radical (unpaired) electrons. The van der Waals surface area contributed by atoms with Crippen LogP contribution in [0.25, 0.3) is 11.3 Å². The molecule has 12 heteroatoms. The minimum atomic E-state index is -1.06. The highest BCUT2D eigenvalue weighted by atomic mass is 19.1. The zero-order valence-electron chi connectivity index (χ0n) is 22.0. The standard InChI is InChI=1S/C28H31F3N6O3/c1-17-10-19(35-28(38)39)16-37(15-17)25-4-5-32-14-24(25)33-13-18-2-3-21(29)27(34-18)26-22(30)11-20(12-23(26)31)36-6-8-40-9-7-36/h2-5,11-12,14,17,19,33,35H,6-10,13,15-16H2,1H3,(H,38,39)/t17-,19+/m1/s1. The first-order valence-electron chi connectivity index (χ1n) is 13.2. The van der Waals surface area contributed by atoms with E-state index in [1.165, 1.54) is 18.2 Å². The fourth-order valence-corrected chi connectivity index (χ4v) is 5.36. The third-order valence-corrected chi connectivity index (χ3v) is 7.13. The number of nitrogens with zero attached hydrogens (tertiary/aromatic N) is 4. The quantitative estimate of drug-likeness (QED) is 0.391. The van der Waals surface area contributed by atoms with E-state index in [1.54, 1.807) is 12.4 Å². The highest BCUT2D eigenvalue weighted by Crippen LogP contribution is 2.32. The van der Waals surface area contributed by atoms with Crippen molar-refractivity contribution in [1.29, 1.82) is 0 Å². The SMILES string of the molecule is C[C@@H]1C[C@H](NC(=O)O)CN(c2ccncc2NCc2ccc(F)c(-c3c(F)cc(N4CCOCC4)cc3F)n2)C1. The number of pyridine rings is 2. The Morgan fingerprint density at radius 1 is 1.07 bits per heavy atom. The molecule has 1 amide bonds. The highest BCUT2D eigenvalue weighted by molar-refractivity contribution is 5.70. The van der Waals surface area contributed by atoms with Crippen LogP contribution in [0.4, 0.5) is 35.0 Å². The van der Waals surface area contributed by atoms with Crippen LogP contribution in [-0.4, -0.2) is 66.6 Å². The average Bonchev–Trinajstić information content (AvgIpc) is 2.93. The minimum absolute atomic E-state index is 0.140. The van der Waals surface area contributed by atoms with E-state index in [2.05, 4.69) is 32.4 Å². The first-order valence-corrected chi connectivity index (χ1v) is 13.2. The van der Waals surface area contributed by atoms with Crippen molar-refractivity contribution in [2.45, 2.75) is 25.9 Å². The molecule has 2 fully saturated rings. The molecule has 2 aliphatic rings. The van der Waals surface area contributed by atoms with Gasteiger partial charge in [0.25, 0.3) is 0 Å². The second-order valence-corrected chi connectivity index (χ2v) is 10.2. The highest BCUT2D eigenvalue weighted by Gasteiger charge is 2.27. The van der Waals surface area contributed by atoms with E-state index in [0.717, 1.165) is 24.7 Å². The predicted octanol–water partition coefficient (Wildman–Crippen LogP) is 4.49. The number of morpholine rings is 1. The van der Waals surface area contributed by atoms with Gasteiger partial charge in [-0.25, -0.2) is 22.9 Å². The Labute approximate surface area is 230 Å². The Balaban J connectivity index is 1.35. The molecule has 4 heterocycles. The van der Waals surface area contributed by atoms with Gasteiger partial charge in [-0.05, 0) is 42.7 Å². The van der Waals surface area contributed by atoms with E-state index in [0.29, 0.717) is 49.9 Å². The topological polar surface area (TPSA) is 103 Å². The number of halogens is 3. The maximum atomic E-state index is 15.1. The Hall–Kier alpha value is -4.06. The molecule has 1 aromatic carbocycles. The van der Waals surface area contributed by atoms with Crippen molar-refractivity contribution in [1.82, 2.24) is 15.3 Å². The van der Waals surface area contributed by atoms with Crippen LogP contribution in [-0.2, 0) is 11.3 Å². The molecule has 0 aliphatic carbocycles. The molecular formula is C28H31F3N6O3. The van der Waals surface area contributed by atoms with Gasteiger partial charge in [0.15, 0.2) is 0 Å². The molecular weight excluding hydrogens is 525 g/mol. The van der Waals surface area contributed by atoms with Crippen molar-refractivity contribution in [3.8, 4) is 11.3 Å². The number of nitrogens with one attached hydrogen (secondary N) is 2. The van der Waals surface area contributed by atoms with Gasteiger partial charge in [0.05, 0.1) is 48.6 Å². The number of carboxylic acid groups (broad SMARTS) is 1. The molecule has 3 N–H and O–H groups in total. The van der Waals surface area contributed by atoms with Gasteiger partial charge in [-0.1, -0.05) is 6.92 Å². The number of hydrogen-bond acceptors (Lipinski definition) is 7. The van der Waals surface area contributed by atoms with E-state index < -0.39 is 34.8 Å². The molecule has 3 aromatic rings. The number of benzene rings is 1. The molecule has 212 valence electrons. The largest absolute Gasteiger partial charge is 0.465 e. The predicted molar refractivity (Wildman–Crippen MR) is 145 cm³/mol. The zero-order valence-corrected chi connectivity index (χ0v) is 22.0. The summed E-state index contributed by atoms with van der Waals surface area (Å²) in [5.41, 5.74) is 1.33.